The third kappa shape index (κ3) is 4.22. The van der Waals surface area contributed by atoms with Gasteiger partial charge < -0.3 is 14.2 Å². The molecule has 1 heterocycles. The van der Waals surface area contributed by atoms with Crippen LogP contribution in [-0.4, -0.2) is 34.9 Å². The number of hydrogen-bond acceptors (Lipinski definition) is 3. The van der Waals surface area contributed by atoms with Crippen LogP contribution in [0.15, 0.2) is 0 Å². The molecule has 0 spiro atoms. The highest BCUT2D eigenvalue weighted by molar-refractivity contribution is 6.66. The van der Waals surface area contributed by atoms with E-state index in [1.165, 1.54) is 12.8 Å². The Morgan fingerprint density at radius 2 is 2.23 bits per heavy atom. The van der Waals surface area contributed by atoms with Crippen molar-refractivity contribution >= 4 is 8.56 Å². The lowest BCUT2D eigenvalue weighted by atomic mass is 10.3. The first kappa shape index (κ1) is 11.2. The van der Waals surface area contributed by atoms with Crippen molar-refractivity contribution in [3.63, 3.8) is 0 Å². The van der Waals surface area contributed by atoms with E-state index in [0.29, 0.717) is 0 Å². The van der Waals surface area contributed by atoms with Gasteiger partial charge in [0.05, 0.1) is 0 Å². The molecule has 0 radical (unpaired) electrons. The first-order chi connectivity index (χ1) is 6.27. The Morgan fingerprint density at radius 1 is 1.38 bits per heavy atom. The van der Waals surface area contributed by atoms with Crippen molar-refractivity contribution in [1.82, 2.24) is 5.32 Å². The van der Waals surface area contributed by atoms with Crippen LogP contribution >= 0.6 is 0 Å². The zero-order chi connectivity index (χ0) is 9.57. The molecule has 1 saturated heterocycles. The molecular formula is C9H21NO2Si. The van der Waals surface area contributed by atoms with Crippen LogP contribution in [-0.2, 0) is 8.85 Å². The van der Waals surface area contributed by atoms with E-state index in [0.717, 1.165) is 32.3 Å². The molecular weight excluding hydrogens is 182 g/mol. The summed E-state index contributed by atoms with van der Waals surface area (Å²) in [6.07, 6.45) is 2.48. The molecule has 78 valence electrons. The lowest BCUT2D eigenvalue weighted by Gasteiger charge is -2.25. The fourth-order valence-electron chi connectivity index (χ4n) is 1.65. The molecule has 0 amide bonds. The minimum atomic E-state index is -1.79. The van der Waals surface area contributed by atoms with Gasteiger partial charge in [0.2, 0.25) is 0 Å². The van der Waals surface area contributed by atoms with E-state index in [1.54, 1.807) is 0 Å². The van der Waals surface area contributed by atoms with Crippen molar-refractivity contribution in [2.24, 2.45) is 0 Å². The summed E-state index contributed by atoms with van der Waals surface area (Å²) in [7, 11) is -1.79. The van der Waals surface area contributed by atoms with Gasteiger partial charge in [-0.05, 0) is 32.5 Å². The number of rotatable bonds is 2. The molecule has 1 aliphatic heterocycles. The summed E-state index contributed by atoms with van der Waals surface area (Å²) in [5.41, 5.74) is 0. The van der Waals surface area contributed by atoms with Crippen LogP contribution in [0.3, 0.4) is 0 Å². The first-order valence-electron chi connectivity index (χ1n) is 5.25. The summed E-state index contributed by atoms with van der Waals surface area (Å²) in [6.45, 7) is 7.92. The Labute approximate surface area is 82.1 Å². The Kier molecular flexibility index (Phi) is 4.94. The molecule has 1 fully saturated rings. The smallest absolute Gasteiger partial charge is 0.334 e. The molecule has 1 unspecified atom stereocenters. The first-order valence-corrected chi connectivity index (χ1v) is 7.78. The van der Waals surface area contributed by atoms with Crippen LogP contribution in [0.2, 0.25) is 12.6 Å². The van der Waals surface area contributed by atoms with Gasteiger partial charge in [0.1, 0.15) is 0 Å². The quantitative estimate of drug-likeness (QED) is 0.690. The summed E-state index contributed by atoms with van der Waals surface area (Å²) in [4.78, 5) is 0. The molecule has 4 heteroatoms. The predicted molar refractivity (Wildman–Crippen MR) is 56.1 cm³/mol. The monoisotopic (exact) mass is 203 g/mol. The summed E-state index contributed by atoms with van der Waals surface area (Å²) in [5, 5.41) is 3.35. The zero-order valence-corrected chi connectivity index (χ0v) is 9.77. The van der Waals surface area contributed by atoms with Crippen LogP contribution in [0.4, 0.5) is 0 Å². The highest BCUT2D eigenvalue weighted by atomic mass is 28.4. The SMILES string of the molecule is CCO[Si]1(C)CCCCNCCO1. The van der Waals surface area contributed by atoms with E-state index in [1.807, 2.05) is 6.92 Å². The van der Waals surface area contributed by atoms with Gasteiger partial charge in [-0.2, -0.15) is 0 Å². The Morgan fingerprint density at radius 3 is 3.00 bits per heavy atom. The van der Waals surface area contributed by atoms with E-state index >= 15 is 0 Å². The van der Waals surface area contributed by atoms with Crippen molar-refractivity contribution < 1.29 is 8.85 Å². The van der Waals surface area contributed by atoms with Crippen LogP contribution < -0.4 is 5.32 Å². The van der Waals surface area contributed by atoms with E-state index in [2.05, 4.69) is 11.9 Å². The summed E-state index contributed by atoms with van der Waals surface area (Å²) in [5.74, 6) is 0. The third-order valence-corrected chi connectivity index (χ3v) is 5.35. The highest BCUT2D eigenvalue weighted by Crippen LogP contribution is 2.17. The predicted octanol–water partition coefficient (Wildman–Crippen LogP) is 1.49. The second-order valence-electron chi connectivity index (χ2n) is 3.62. The molecule has 1 N–H and O–H groups in total. The van der Waals surface area contributed by atoms with Crippen molar-refractivity contribution in [2.45, 2.75) is 32.4 Å². The molecule has 13 heavy (non-hydrogen) atoms. The Balaban J connectivity index is 2.39. The number of nitrogens with one attached hydrogen (secondary N) is 1. The molecule has 0 aromatic rings. The molecule has 1 atom stereocenters. The van der Waals surface area contributed by atoms with Gasteiger partial charge in [0.25, 0.3) is 0 Å². The average molecular weight is 203 g/mol. The molecule has 0 aromatic carbocycles. The molecule has 0 saturated carbocycles. The summed E-state index contributed by atoms with van der Waals surface area (Å²) < 4.78 is 11.6. The molecule has 1 aliphatic rings. The van der Waals surface area contributed by atoms with Gasteiger partial charge >= 0.3 is 8.56 Å². The summed E-state index contributed by atoms with van der Waals surface area (Å²) in [6, 6.07) is 1.14. The minimum absolute atomic E-state index is 0.788. The van der Waals surface area contributed by atoms with Crippen LogP contribution in [0.1, 0.15) is 19.8 Å². The van der Waals surface area contributed by atoms with Gasteiger partial charge in [-0.25, -0.2) is 0 Å². The van der Waals surface area contributed by atoms with Gasteiger partial charge in [-0.1, -0.05) is 6.42 Å². The molecule has 0 aromatic heterocycles. The fraction of sp³-hybridized carbons (Fsp3) is 1.00. The normalized spacial score (nSPS) is 31.8. The van der Waals surface area contributed by atoms with E-state index in [9.17, 15) is 0 Å². The minimum Gasteiger partial charge on any atom is -0.395 e. The Hall–Kier alpha value is 0.0969. The fourth-order valence-corrected chi connectivity index (χ4v) is 4.06. The molecule has 1 rings (SSSR count). The van der Waals surface area contributed by atoms with Gasteiger partial charge in [-0.3, -0.25) is 0 Å². The maximum atomic E-state index is 5.85. The maximum absolute atomic E-state index is 5.85. The van der Waals surface area contributed by atoms with Crippen molar-refractivity contribution in [1.29, 1.82) is 0 Å². The van der Waals surface area contributed by atoms with Crippen molar-refractivity contribution in [3.8, 4) is 0 Å². The summed E-state index contributed by atoms with van der Waals surface area (Å²) >= 11 is 0. The lowest BCUT2D eigenvalue weighted by Crippen LogP contribution is -2.39. The second kappa shape index (κ2) is 5.75. The van der Waals surface area contributed by atoms with Crippen LogP contribution in [0, 0.1) is 0 Å². The topological polar surface area (TPSA) is 30.5 Å². The van der Waals surface area contributed by atoms with Gasteiger partial charge in [0, 0.05) is 19.8 Å². The lowest BCUT2D eigenvalue weighted by molar-refractivity contribution is 0.183. The van der Waals surface area contributed by atoms with Gasteiger partial charge in [0.15, 0.2) is 0 Å². The second-order valence-corrected chi connectivity index (χ2v) is 6.97. The van der Waals surface area contributed by atoms with E-state index in [-0.39, 0.29) is 0 Å². The van der Waals surface area contributed by atoms with Crippen LogP contribution in [0.5, 0.6) is 0 Å². The highest BCUT2D eigenvalue weighted by Gasteiger charge is 2.30. The van der Waals surface area contributed by atoms with E-state index in [4.69, 9.17) is 8.85 Å². The zero-order valence-electron chi connectivity index (χ0n) is 8.77. The number of hydrogen-bond donors (Lipinski definition) is 1. The van der Waals surface area contributed by atoms with Crippen molar-refractivity contribution in [3.05, 3.63) is 0 Å². The van der Waals surface area contributed by atoms with Gasteiger partial charge in [-0.15, -0.1) is 0 Å². The molecule has 3 nitrogen and oxygen atoms in total. The average Bonchev–Trinajstić information content (AvgIpc) is 2.18. The largest absolute Gasteiger partial charge is 0.395 e. The molecule has 0 bridgehead atoms. The van der Waals surface area contributed by atoms with Crippen LogP contribution in [0.25, 0.3) is 0 Å². The molecule has 0 aliphatic carbocycles. The maximum Gasteiger partial charge on any atom is 0.334 e. The van der Waals surface area contributed by atoms with Crippen molar-refractivity contribution in [2.75, 3.05) is 26.3 Å². The van der Waals surface area contributed by atoms with E-state index < -0.39 is 8.56 Å². The Bertz CT molecular complexity index is 134. The standard InChI is InChI=1S/C9H21NO2Si/c1-3-11-13(2)9-5-4-6-10-7-8-12-13/h10H,3-9H2,1-2H3. The third-order valence-electron chi connectivity index (χ3n) is 2.37.